The van der Waals surface area contributed by atoms with Gasteiger partial charge in [0.2, 0.25) is 5.16 Å². The summed E-state index contributed by atoms with van der Waals surface area (Å²) in [6.07, 6.45) is 0. The largest absolute Gasteiger partial charge is 0.481 e. The summed E-state index contributed by atoms with van der Waals surface area (Å²) >= 11 is 3.31. The molecule has 0 saturated carbocycles. The van der Waals surface area contributed by atoms with Gasteiger partial charge >= 0.3 is 5.97 Å². The van der Waals surface area contributed by atoms with Crippen molar-refractivity contribution in [2.24, 2.45) is 0 Å². The molecule has 0 unspecified atom stereocenters. The van der Waals surface area contributed by atoms with E-state index in [-0.39, 0.29) is 5.75 Å². The second-order valence-electron chi connectivity index (χ2n) is 3.16. The van der Waals surface area contributed by atoms with Gasteiger partial charge in [-0.1, -0.05) is 23.9 Å². The number of carboxylic acid groups (broad SMARTS) is 1. The van der Waals surface area contributed by atoms with E-state index in [1.165, 1.54) is 0 Å². The molecule has 0 aliphatic carbocycles. The summed E-state index contributed by atoms with van der Waals surface area (Å²) in [5.41, 5.74) is 0.937. The van der Waals surface area contributed by atoms with E-state index in [0.29, 0.717) is 11.0 Å². The minimum absolute atomic E-state index is 0.0381. The second-order valence-corrected chi connectivity index (χ2v) is 5.35. The van der Waals surface area contributed by atoms with Gasteiger partial charge in [0.1, 0.15) is 0 Å². The van der Waals surface area contributed by atoms with Gasteiger partial charge in [0.15, 0.2) is 5.82 Å². The molecule has 0 aliphatic heterocycles. The van der Waals surface area contributed by atoms with Crippen molar-refractivity contribution in [3.05, 3.63) is 27.8 Å². The normalized spacial score (nSPS) is 10.4. The molecule has 2 N–H and O–H groups in total. The van der Waals surface area contributed by atoms with Crippen LogP contribution in [0.2, 0.25) is 0 Å². The number of nitrogens with one attached hydrogen (secondary N) is 1. The van der Waals surface area contributed by atoms with Crippen LogP contribution in [0, 0.1) is 3.57 Å². The predicted molar refractivity (Wildman–Crippen MR) is 72.9 cm³/mol. The molecule has 0 atom stereocenters. The molecule has 0 bridgehead atoms. The number of aromatic amines is 1. The third kappa shape index (κ3) is 3.43. The molecule has 17 heavy (non-hydrogen) atoms. The number of carboxylic acids is 1. The molecule has 0 fully saturated rings. The number of hydrogen-bond acceptors (Lipinski definition) is 4. The molecule has 1 heterocycles. The summed E-state index contributed by atoms with van der Waals surface area (Å²) in [5, 5.41) is 15.7. The van der Waals surface area contributed by atoms with Crippen molar-refractivity contribution in [3.8, 4) is 11.4 Å². The lowest BCUT2D eigenvalue weighted by Gasteiger charge is -1.95. The van der Waals surface area contributed by atoms with Gasteiger partial charge in [0, 0.05) is 9.13 Å². The molecule has 0 saturated heterocycles. The molecule has 1 aromatic carbocycles. The zero-order valence-corrected chi connectivity index (χ0v) is 11.5. The zero-order valence-electron chi connectivity index (χ0n) is 8.55. The zero-order chi connectivity index (χ0) is 12.3. The van der Waals surface area contributed by atoms with Crippen LogP contribution < -0.4 is 0 Å². The van der Waals surface area contributed by atoms with Gasteiger partial charge in [-0.15, -0.1) is 5.10 Å². The van der Waals surface area contributed by atoms with E-state index < -0.39 is 5.97 Å². The number of rotatable bonds is 4. The van der Waals surface area contributed by atoms with Crippen LogP contribution in [0.4, 0.5) is 0 Å². The SMILES string of the molecule is O=C(O)CSc1n[nH]c(-c2cccc(I)c2)n1. The Labute approximate surface area is 115 Å². The van der Waals surface area contributed by atoms with E-state index in [1.54, 1.807) is 0 Å². The van der Waals surface area contributed by atoms with Gasteiger partial charge < -0.3 is 5.11 Å². The third-order valence-electron chi connectivity index (χ3n) is 1.89. The van der Waals surface area contributed by atoms with Crippen LogP contribution in [-0.4, -0.2) is 32.0 Å². The molecule has 1 aromatic heterocycles. The van der Waals surface area contributed by atoms with Gasteiger partial charge in [-0.25, -0.2) is 4.98 Å². The summed E-state index contributed by atoms with van der Waals surface area (Å²) < 4.78 is 1.11. The maximum Gasteiger partial charge on any atom is 0.313 e. The standard InChI is InChI=1S/C10H8IN3O2S/c11-7-3-1-2-6(4-7)9-12-10(14-13-9)17-5-8(15)16/h1-4H,5H2,(H,15,16)(H,12,13,14). The highest BCUT2D eigenvalue weighted by Crippen LogP contribution is 2.20. The number of hydrogen-bond donors (Lipinski definition) is 2. The number of benzene rings is 1. The van der Waals surface area contributed by atoms with E-state index in [0.717, 1.165) is 20.9 Å². The van der Waals surface area contributed by atoms with Crippen LogP contribution in [0.3, 0.4) is 0 Å². The van der Waals surface area contributed by atoms with Crippen molar-refractivity contribution in [2.75, 3.05) is 5.75 Å². The first kappa shape index (κ1) is 12.4. The minimum atomic E-state index is -0.879. The Kier molecular flexibility index (Phi) is 4.00. The summed E-state index contributed by atoms with van der Waals surface area (Å²) in [4.78, 5) is 14.6. The van der Waals surface area contributed by atoms with Crippen molar-refractivity contribution < 1.29 is 9.90 Å². The fourth-order valence-corrected chi connectivity index (χ4v) is 2.26. The first-order chi connectivity index (χ1) is 8.15. The summed E-state index contributed by atoms with van der Waals surface area (Å²) in [5.74, 6) is -0.268. The quantitative estimate of drug-likeness (QED) is 0.645. The summed E-state index contributed by atoms with van der Waals surface area (Å²) in [6.45, 7) is 0. The van der Waals surface area contributed by atoms with Crippen LogP contribution >= 0.6 is 34.4 Å². The topological polar surface area (TPSA) is 78.9 Å². The van der Waals surface area contributed by atoms with Gasteiger partial charge in [-0.05, 0) is 34.7 Å². The van der Waals surface area contributed by atoms with Gasteiger partial charge in [-0.2, -0.15) is 0 Å². The Bertz CT molecular complexity index is 544. The van der Waals surface area contributed by atoms with E-state index in [1.807, 2.05) is 24.3 Å². The van der Waals surface area contributed by atoms with E-state index >= 15 is 0 Å². The number of aliphatic carboxylic acids is 1. The van der Waals surface area contributed by atoms with Crippen LogP contribution in [-0.2, 0) is 4.79 Å². The second kappa shape index (κ2) is 5.50. The fourth-order valence-electron chi connectivity index (χ4n) is 1.20. The molecule has 2 rings (SSSR count). The first-order valence-corrected chi connectivity index (χ1v) is 6.74. The van der Waals surface area contributed by atoms with Crippen LogP contribution in [0.5, 0.6) is 0 Å². The lowest BCUT2D eigenvalue weighted by Crippen LogP contribution is -1.97. The Morgan fingerprint density at radius 1 is 1.53 bits per heavy atom. The Balaban J connectivity index is 2.15. The fraction of sp³-hybridized carbons (Fsp3) is 0.100. The monoisotopic (exact) mass is 361 g/mol. The molecule has 0 amide bonds. The molecular weight excluding hydrogens is 353 g/mol. The molecule has 0 spiro atoms. The number of thioether (sulfide) groups is 1. The van der Waals surface area contributed by atoms with Gasteiger partial charge in [0.25, 0.3) is 0 Å². The summed E-state index contributed by atoms with van der Waals surface area (Å²) in [7, 11) is 0. The molecule has 5 nitrogen and oxygen atoms in total. The number of nitrogens with zero attached hydrogens (tertiary/aromatic N) is 2. The van der Waals surface area contributed by atoms with Crippen LogP contribution in [0.1, 0.15) is 0 Å². The van der Waals surface area contributed by atoms with E-state index in [4.69, 9.17) is 5.11 Å². The van der Waals surface area contributed by atoms with E-state index in [9.17, 15) is 4.79 Å². The molecule has 7 heteroatoms. The molecule has 0 aliphatic rings. The highest BCUT2D eigenvalue weighted by atomic mass is 127. The number of aromatic nitrogens is 3. The number of halogens is 1. The number of carbonyl (C=O) groups is 1. The van der Waals surface area contributed by atoms with Crippen molar-refractivity contribution in [2.45, 2.75) is 5.16 Å². The van der Waals surface area contributed by atoms with Crippen molar-refractivity contribution in [1.29, 1.82) is 0 Å². The minimum Gasteiger partial charge on any atom is -0.481 e. The summed E-state index contributed by atoms with van der Waals surface area (Å²) in [6, 6.07) is 7.82. The van der Waals surface area contributed by atoms with Crippen molar-refractivity contribution in [3.63, 3.8) is 0 Å². The molecular formula is C10H8IN3O2S. The Morgan fingerprint density at radius 2 is 2.35 bits per heavy atom. The van der Waals surface area contributed by atoms with E-state index in [2.05, 4.69) is 37.8 Å². The number of H-pyrrole nitrogens is 1. The predicted octanol–water partition coefficient (Wildman–Crippen LogP) is 2.25. The van der Waals surface area contributed by atoms with Crippen LogP contribution in [0.15, 0.2) is 29.4 Å². The molecule has 2 aromatic rings. The molecule has 88 valence electrons. The smallest absolute Gasteiger partial charge is 0.313 e. The van der Waals surface area contributed by atoms with Crippen molar-refractivity contribution >= 4 is 40.3 Å². The van der Waals surface area contributed by atoms with Gasteiger partial charge in [0.05, 0.1) is 5.75 Å². The highest BCUT2D eigenvalue weighted by molar-refractivity contribution is 14.1. The maximum atomic E-state index is 10.4. The van der Waals surface area contributed by atoms with Crippen LogP contribution in [0.25, 0.3) is 11.4 Å². The lowest BCUT2D eigenvalue weighted by molar-refractivity contribution is -0.133. The third-order valence-corrected chi connectivity index (χ3v) is 3.39. The lowest BCUT2D eigenvalue weighted by atomic mass is 10.2. The maximum absolute atomic E-state index is 10.4. The average molecular weight is 361 g/mol. The Morgan fingerprint density at radius 3 is 3.06 bits per heavy atom. The first-order valence-electron chi connectivity index (χ1n) is 4.68. The van der Waals surface area contributed by atoms with Gasteiger partial charge in [-0.3, -0.25) is 9.89 Å². The Hall–Kier alpha value is -1.09. The van der Waals surface area contributed by atoms with Crippen molar-refractivity contribution in [1.82, 2.24) is 15.2 Å². The average Bonchev–Trinajstić information content (AvgIpc) is 2.75. The highest BCUT2D eigenvalue weighted by Gasteiger charge is 2.08. The molecule has 0 radical (unpaired) electrons.